The van der Waals surface area contributed by atoms with E-state index in [1.54, 1.807) is 6.92 Å². The predicted molar refractivity (Wildman–Crippen MR) is 66.5 cm³/mol. The molecule has 7 heteroatoms. The van der Waals surface area contributed by atoms with Crippen LogP contribution in [0, 0.1) is 10.1 Å². The first kappa shape index (κ1) is 13.9. The monoisotopic (exact) mass is 253 g/mol. The molecule has 0 bridgehead atoms. The van der Waals surface area contributed by atoms with Gasteiger partial charge in [0.05, 0.1) is 24.1 Å². The molecule has 0 heterocycles. The second kappa shape index (κ2) is 5.97. The second-order valence-corrected chi connectivity index (χ2v) is 3.64. The van der Waals surface area contributed by atoms with Crippen LogP contribution < -0.4 is 15.8 Å². The standard InChI is InChI=1S/C11H15N3O4/c1-3-8(12)11(15)13-9-5-4-7(18-2)6-10(9)14(16)17/h4-6,8H,3,12H2,1-2H3,(H,13,15). The quantitative estimate of drug-likeness (QED) is 0.607. The molecule has 0 fully saturated rings. The van der Waals surface area contributed by atoms with Gasteiger partial charge in [0.25, 0.3) is 5.69 Å². The summed E-state index contributed by atoms with van der Waals surface area (Å²) >= 11 is 0. The molecule has 0 aromatic heterocycles. The summed E-state index contributed by atoms with van der Waals surface area (Å²) in [7, 11) is 1.41. The summed E-state index contributed by atoms with van der Waals surface area (Å²) < 4.78 is 4.89. The molecule has 18 heavy (non-hydrogen) atoms. The number of hydrogen-bond donors (Lipinski definition) is 2. The van der Waals surface area contributed by atoms with Crippen molar-refractivity contribution in [1.82, 2.24) is 0 Å². The highest BCUT2D eigenvalue weighted by molar-refractivity contribution is 5.96. The molecular formula is C11H15N3O4. The molecule has 98 valence electrons. The molecule has 0 saturated heterocycles. The summed E-state index contributed by atoms with van der Waals surface area (Å²) in [5, 5.41) is 13.3. The molecule has 0 spiro atoms. The minimum atomic E-state index is -0.688. The first-order chi connectivity index (χ1) is 8.49. The van der Waals surface area contributed by atoms with Crippen LogP contribution in [-0.2, 0) is 4.79 Å². The van der Waals surface area contributed by atoms with E-state index in [0.29, 0.717) is 12.2 Å². The zero-order valence-electron chi connectivity index (χ0n) is 10.2. The smallest absolute Gasteiger partial charge is 0.296 e. The number of nitrogens with one attached hydrogen (secondary N) is 1. The second-order valence-electron chi connectivity index (χ2n) is 3.64. The molecule has 0 aliphatic carbocycles. The number of benzene rings is 1. The summed E-state index contributed by atoms with van der Waals surface area (Å²) in [5.74, 6) is -0.106. The van der Waals surface area contributed by atoms with E-state index in [4.69, 9.17) is 10.5 Å². The fraction of sp³-hybridized carbons (Fsp3) is 0.364. The number of nitrogens with zero attached hydrogens (tertiary/aromatic N) is 1. The van der Waals surface area contributed by atoms with E-state index >= 15 is 0 Å². The Hall–Kier alpha value is -2.15. The highest BCUT2D eigenvalue weighted by Crippen LogP contribution is 2.28. The average molecular weight is 253 g/mol. The summed E-state index contributed by atoms with van der Waals surface area (Å²) in [6.07, 6.45) is 0.454. The highest BCUT2D eigenvalue weighted by Gasteiger charge is 2.19. The fourth-order valence-corrected chi connectivity index (χ4v) is 1.31. The number of rotatable bonds is 5. The third kappa shape index (κ3) is 3.17. The summed E-state index contributed by atoms with van der Waals surface area (Å²) in [5.41, 5.74) is 5.42. The van der Waals surface area contributed by atoms with Crippen LogP contribution in [0.4, 0.5) is 11.4 Å². The van der Waals surface area contributed by atoms with E-state index in [0.717, 1.165) is 0 Å². The predicted octanol–water partition coefficient (Wildman–Crippen LogP) is 1.28. The Labute approximate surface area is 104 Å². The number of hydrogen-bond acceptors (Lipinski definition) is 5. The van der Waals surface area contributed by atoms with Gasteiger partial charge in [-0.3, -0.25) is 14.9 Å². The van der Waals surface area contributed by atoms with E-state index in [1.807, 2.05) is 0 Å². The van der Waals surface area contributed by atoms with Crippen molar-refractivity contribution < 1.29 is 14.5 Å². The molecule has 0 aliphatic heterocycles. The Morgan fingerprint density at radius 3 is 2.78 bits per heavy atom. The van der Waals surface area contributed by atoms with Gasteiger partial charge in [-0.1, -0.05) is 6.92 Å². The fourth-order valence-electron chi connectivity index (χ4n) is 1.31. The lowest BCUT2D eigenvalue weighted by Crippen LogP contribution is -2.34. The van der Waals surface area contributed by atoms with Crippen molar-refractivity contribution in [2.75, 3.05) is 12.4 Å². The molecule has 1 aromatic rings. The molecule has 7 nitrogen and oxygen atoms in total. The zero-order chi connectivity index (χ0) is 13.7. The zero-order valence-corrected chi connectivity index (χ0v) is 10.2. The normalized spacial score (nSPS) is 11.7. The van der Waals surface area contributed by atoms with Crippen molar-refractivity contribution in [2.45, 2.75) is 19.4 Å². The van der Waals surface area contributed by atoms with Crippen LogP contribution in [0.25, 0.3) is 0 Å². The minimum Gasteiger partial charge on any atom is -0.496 e. The summed E-state index contributed by atoms with van der Waals surface area (Å²) in [6.45, 7) is 1.76. The minimum absolute atomic E-state index is 0.106. The van der Waals surface area contributed by atoms with Crippen molar-refractivity contribution in [1.29, 1.82) is 0 Å². The molecule has 0 saturated carbocycles. The topological polar surface area (TPSA) is 107 Å². The first-order valence-electron chi connectivity index (χ1n) is 5.38. The van der Waals surface area contributed by atoms with Crippen LogP contribution in [0.2, 0.25) is 0 Å². The molecule has 3 N–H and O–H groups in total. The maximum absolute atomic E-state index is 11.6. The first-order valence-corrected chi connectivity index (χ1v) is 5.38. The van der Waals surface area contributed by atoms with Gasteiger partial charge in [0.2, 0.25) is 5.91 Å². The lowest BCUT2D eigenvalue weighted by molar-refractivity contribution is -0.384. The third-order valence-corrected chi connectivity index (χ3v) is 2.44. The van der Waals surface area contributed by atoms with Gasteiger partial charge in [-0.25, -0.2) is 0 Å². The van der Waals surface area contributed by atoms with E-state index in [-0.39, 0.29) is 11.4 Å². The van der Waals surface area contributed by atoms with Gasteiger partial charge in [0, 0.05) is 0 Å². The number of ether oxygens (including phenoxy) is 1. The van der Waals surface area contributed by atoms with Crippen LogP contribution in [-0.4, -0.2) is 24.0 Å². The number of carbonyl (C=O) groups is 1. The number of nitrogens with two attached hydrogens (primary N) is 1. The van der Waals surface area contributed by atoms with Gasteiger partial charge in [0.1, 0.15) is 11.4 Å². The average Bonchev–Trinajstić information content (AvgIpc) is 2.37. The Morgan fingerprint density at radius 2 is 2.28 bits per heavy atom. The SMILES string of the molecule is CCC(N)C(=O)Nc1ccc(OC)cc1[N+](=O)[O-]. The number of nitro benzene ring substituents is 1. The van der Waals surface area contributed by atoms with Crippen molar-refractivity contribution in [3.63, 3.8) is 0 Å². The molecular weight excluding hydrogens is 238 g/mol. The van der Waals surface area contributed by atoms with Crippen molar-refractivity contribution >= 4 is 17.3 Å². The summed E-state index contributed by atoms with van der Waals surface area (Å²) in [4.78, 5) is 21.9. The highest BCUT2D eigenvalue weighted by atomic mass is 16.6. The number of nitro groups is 1. The van der Waals surface area contributed by atoms with Crippen LogP contribution in [0.1, 0.15) is 13.3 Å². The van der Waals surface area contributed by atoms with Gasteiger partial charge in [-0.05, 0) is 18.6 Å². The van der Waals surface area contributed by atoms with Crippen LogP contribution in [0.3, 0.4) is 0 Å². The molecule has 1 amide bonds. The van der Waals surface area contributed by atoms with Crippen LogP contribution in [0.5, 0.6) is 5.75 Å². The van der Waals surface area contributed by atoms with E-state index in [1.165, 1.54) is 25.3 Å². The lowest BCUT2D eigenvalue weighted by atomic mass is 10.2. The third-order valence-electron chi connectivity index (χ3n) is 2.44. The van der Waals surface area contributed by atoms with Gasteiger partial charge < -0.3 is 15.8 Å². The molecule has 0 aliphatic rings. The van der Waals surface area contributed by atoms with E-state index in [2.05, 4.69) is 5.32 Å². The van der Waals surface area contributed by atoms with Gasteiger partial charge in [-0.15, -0.1) is 0 Å². The number of amides is 1. The van der Waals surface area contributed by atoms with Crippen molar-refractivity contribution in [2.24, 2.45) is 5.73 Å². The molecule has 1 atom stereocenters. The number of methoxy groups -OCH3 is 1. The van der Waals surface area contributed by atoms with Crippen LogP contribution in [0.15, 0.2) is 18.2 Å². The maximum Gasteiger partial charge on any atom is 0.296 e. The molecule has 0 radical (unpaired) electrons. The van der Waals surface area contributed by atoms with Gasteiger partial charge in [0.15, 0.2) is 0 Å². The van der Waals surface area contributed by atoms with E-state index in [9.17, 15) is 14.9 Å². The number of anilines is 1. The van der Waals surface area contributed by atoms with Crippen molar-refractivity contribution in [3.8, 4) is 5.75 Å². The van der Waals surface area contributed by atoms with Gasteiger partial charge in [-0.2, -0.15) is 0 Å². The summed E-state index contributed by atoms with van der Waals surface area (Å²) in [6, 6.07) is 3.50. The Bertz CT molecular complexity index is 462. The Kier molecular flexibility index (Phi) is 4.61. The number of carbonyl (C=O) groups excluding carboxylic acids is 1. The largest absolute Gasteiger partial charge is 0.496 e. The lowest BCUT2D eigenvalue weighted by Gasteiger charge is -2.10. The molecule has 1 aromatic carbocycles. The van der Waals surface area contributed by atoms with Gasteiger partial charge >= 0.3 is 0 Å². The maximum atomic E-state index is 11.6. The Morgan fingerprint density at radius 1 is 1.61 bits per heavy atom. The Balaban J connectivity index is 3.01. The van der Waals surface area contributed by atoms with Crippen molar-refractivity contribution in [3.05, 3.63) is 28.3 Å². The van der Waals surface area contributed by atoms with Crippen LogP contribution >= 0.6 is 0 Å². The molecule has 1 unspecified atom stereocenters. The molecule has 1 rings (SSSR count). The van der Waals surface area contributed by atoms with E-state index < -0.39 is 16.9 Å².